The van der Waals surface area contributed by atoms with Crippen molar-refractivity contribution in [2.24, 2.45) is 5.73 Å². The number of sulfonamides is 1. The van der Waals surface area contributed by atoms with Gasteiger partial charge in [-0.2, -0.15) is 0 Å². The minimum absolute atomic E-state index is 0. The standard InChI is InChI=1S/C13H21N3O4S.ClH/c1-3-4-6-11(9-14)15-21(19,20)13-8-5-7-12(10(13)2)16(17)18;/h5,7-8,11,15H,3-4,6,9,14H2,1-2H3;1H. The van der Waals surface area contributed by atoms with Gasteiger partial charge in [0.05, 0.1) is 9.82 Å². The van der Waals surface area contributed by atoms with Gasteiger partial charge in [-0.3, -0.25) is 10.1 Å². The Morgan fingerprint density at radius 2 is 2.05 bits per heavy atom. The number of nitro benzene ring substituents is 1. The minimum atomic E-state index is -3.82. The SMILES string of the molecule is CCCCC(CN)NS(=O)(=O)c1cccc([N+](=O)[O-])c1C.Cl. The molecule has 0 aromatic heterocycles. The maximum Gasteiger partial charge on any atom is 0.273 e. The molecule has 1 atom stereocenters. The summed E-state index contributed by atoms with van der Waals surface area (Å²) in [7, 11) is -3.82. The van der Waals surface area contributed by atoms with Gasteiger partial charge in [0, 0.05) is 24.2 Å². The summed E-state index contributed by atoms with van der Waals surface area (Å²) < 4.78 is 27.3. The molecular weight excluding hydrogens is 330 g/mol. The highest BCUT2D eigenvalue weighted by Crippen LogP contribution is 2.24. The van der Waals surface area contributed by atoms with Gasteiger partial charge < -0.3 is 5.73 Å². The normalized spacial score (nSPS) is 12.5. The molecule has 0 aliphatic rings. The molecule has 0 saturated heterocycles. The molecule has 0 aliphatic heterocycles. The Balaban J connectivity index is 0.00000441. The zero-order chi connectivity index (χ0) is 16.0. The predicted molar refractivity (Wildman–Crippen MR) is 87.8 cm³/mol. The summed E-state index contributed by atoms with van der Waals surface area (Å²) in [6.45, 7) is 3.62. The average molecular weight is 352 g/mol. The van der Waals surface area contributed by atoms with Crippen molar-refractivity contribution in [3.8, 4) is 0 Å². The zero-order valence-corrected chi connectivity index (χ0v) is 14.2. The molecule has 7 nitrogen and oxygen atoms in total. The first-order chi connectivity index (χ1) is 9.83. The Labute approximate surface area is 136 Å². The second-order valence-corrected chi connectivity index (χ2v) is 6.54. The quantitative estimate of drug-likeness (QED) is 0.549. The number of benzene rings is 1. The Bertz CT molecular complexity index is 607. The number of nitrogens with one attached hydrogen (secondary N) is 1. The van der Waals surface area contributed by atoms with Crippen molar-refractivity contribution in [3.05, 3.63) is 33.9 Å². The molecule has 0 saturated carbocycles. The maximum atomic E-state index is 12.4. The van der Waals surface area contributed by atoms with Gasteiger partial charge >= 0.3 is 0 Å². The van der Waals surface area contributed by atoms with Crippen LogP contribution in [-0.2, 0) is 10.0 Å². The van der Waals surface area contributed by atoms with E-state index >= 15 is 0 Å². The number of nitrogens with two attached hydrogens (primary N) is 1. The van der Waals surface area contributed by atoms with E-state index in [1.54, 1.807) is 0 Å². The molecule has 0 spiro atoms. The molecule has 1 aromatic rings. The molecule has 0 aliphatic carbocycles. The molecule has 1 unspecified atom stereocenters. The monoisotopic (exact) mass is 351 g/mol. The topological polar surface area (TPSA) is 115 Å². The van der Waals surface area contributed by atoms with Crippen LogP contribution in [0.1, 0.15) is 31.7 Å². The third kappa shape index (κ3) is 5.20. The molecule has 126 valence electrons. The summed E-state index contributed by atoms with van der Waals surface area (Å²) in [5.74, 6) is 0. The highest BCUT2D eigenvalue weighted by atomic mass is 35.5. The minimum Gasteiger partial charge on any atom is -0.329 e. The van der Waals surface area contributed by atoms with Crippen LogP contribution in [0.15, 0.2) is 23.1 Å². The van der Waals surface area contributed by atoms with Crippen molar-refractivity contribution in [2.75, 3.05) is 6.54 Å². The molecule has 0 fully saturated rings. The lowest BCUT2D eigenvalue weighted by Gasteiger charge is -2.17. The van der Waals surface area contributed by atoms with E-state index in [1.807, 2.05) is 6.92 Å². The maximum absolute atomic E-state index is 12.4. The van der Waals surface area contributed by atoms with E-state index in [1.165, 1.54) is 25.1 Å². The molecule has 0 radical (unpaired) electrons. The van der Waals surface area contributed by atoms with Gasteiger partial charge in [-0.25, -0.2) is 13.1 Å². The number of unbranched alkanes of at least 4 members (excludes halogenated alkanes) is 1. The summed E-state index contributed by atoms with van der Waals surface area (Å²) in [6.07, 6.45) is 2.44. The van der Waals surface area contributed by atoms with E-state index in [-0.39, 0.29) is 41.1 Å². The van der Waals surface area contributed by atoms with Gasteiger partial charge in [0.25, 0.3) is 5.69 Å². The summed E-state index contributed by atoms with van der Waals surface area (Å²) in [5, 5.41) is 10.9. The first-order valence-corrected chi connectivity index (χ1v) is 8.28. The molecule has 9 heteroatoms. The van der Waals surface area contributed by atoms with Crippen LogP contribution < -0.4 is 10.5 Å². The van der Waals surface area contributed by atoms with Gasteiger partial charge in [0.15, 0.2) is 0 Å². The van der Waals surface area contributed by atoms with Gasteiger partial charge in [-0.1, -0.05) is 25.8 Å². The van der Waals surface area contributed by atoms with E-state index in [2.05, 4.69) is 4.72 Å². The van der Waals surface area contributed by atoms with Crippen molar-refractivity contribution in [2.45, 2.75) is 44.0 Å². The second-order valence-electron chi connectivity index (χ2n) is 4.85. The summed E-state index contributed by atoms with van der Waals surface area (Å²) >= 11 is 0. The molecule has 0 bridgehead atoms. The Morgan fingerprint density at radius 3 is 2.55 bits per heavy atom. The van der Waals surface area contributed by atoms with Gasteiger partial charge in [-0.05, 0) is 19.4 Å². The molecule has 3 N–H and O–H groups in total. The van der Waals surface area contributed by atoms with Crippen LogP contribution in [0, 0.1) is 17.0 Å². The largest absolute Gasteiger partial charge is 0.329 e. The van der Waals surface area contributed by atoms with Gasteiger partial charge in [-0.15, -0.1) is 12.4 Å². The first kappa shape index (κ1) is 20.8. The van der Waals surface area contributed by atoms with Crippen LogP contribution >= 0.6 is 12.4 Å². The molecule has 1 aromatic carbocycles. The second kappa shape index (κ2) is 9.04. The van der Waals surface area contributed by atoms with Crippen LogP contribution in [0.4, 0.5) is 5.69 Å². The lowest BCUT2D eigenvalue weighted by Crippen LogP contribution is -2.40. The van der Waals surface area contributed by atoms with Crippen molar-refractivity contribution in [1.29, 1.82) is 0 Å². The predicted octanol–water partition coefficient (Wildman–Crippen LogP) is 2.12. The molecular formula is C13H22ClN3O4S. The number of nitrogens with zero attached hydrogens (tertiary/aromatic N) is 1. The van der Waals surface area contributed by atoms with Gasteiger partial charge in [0.1, 0.15) is 0 Å². The number of nitro groups is 1. The molecule has 1 rings (SSSR count). The van der Waals surface area contributed by atoms with Crippen LogP contribution in [-0.4, -0.2) is 25.9 Å². The van der Waals surface area contributed by atoms with Crippen molar-refractivity contribution >= 4 is 28.1 Å². The number of hydrogen-bond donors (Lipinski definition) is 2. The summed E-state index contributed by atoms with van der Waals surface area (Å²) in [6, 6.07) is 3.64. The van der Waals surface area contributed by atoms with Crippen LogP contribution in [0.5, 0.6) is 0 Å². The highest BCUT2D eigenvalue weighted by molar-refractivity contribution is 7.89. The third-order valence-electron chi connectivity index (χ3n) is 3.25. The van der Waals surface area contributed by atoms with Gasteiger partial charge in [0.2, 0.25) is 10.0 Å². The van der Waals surface area contributed by atoms with Crippen molar-refractivity contribution in [3.63, 3.8) is 0 Å². The fourth-order valence-corrected chi connectivity index (χ4v) is 3.60. The number of rotatable bonds is 8. The molecule has 0 heterocycles. The smallest absolute Gasteiger partial charge is 0.273 e. The molecule has 0 amide bonds. The van der Waals surface area contributed by atoms with E-state index in [4.69, 9.17) is 5.73 Å². The van der Waals surface area contributed by atoms with Crippen molar-refractivity contribution < 1.29 is 13.3 Å². The lowest BCUT2D eigenvalue weighted by molar-refractivity contribution is -0.385. The fourth-order valence-electron chi connectivity index (χ4n) is 2.05. The lowest BCUT2D eigenvalue weighted by atomic mass is 10.1. The Kier molecular flexibility index (Phi) is 8.54. The molecule has 22 heavy (non-hydrogen) atoms. The van der Waals surface area contributed by atoms with E-state index in [9.17, 15) is 18.5 Å². The first-order valence-electron chi connectivity index (χ1n) is 6.79. The number of hydrogen-bond acceptors (Lipinski definition) is 5. The fraction of sp³-hybridized carbons (Fsp3) is 0.538. The Morgan fingerprint density at radius 1 is 1.41 bits per heavy atom. The van der Waals surface area contributed by atoms with Crippen LogP contribution in [0.2, 0.25) is 0 Å². The summed E-state index contributed by atoms with van der Waals surface area (Å²) in [5.41, 5.74) is 5.49. The van der Waals surface area contributed by atoms with E-state index < -0.39 is 14.9 Å². The highest BCUT2D eigenvalue weighted by Gasteiger charge is 2.24. The van der Waals surface area contributed by atoms with Crippen molar-refractivity contribution in [1.82, 2.24) is 4.72 Å². The van der Waals surface area contributed by atoms with E-state index in [0.717, 1.165) is 12.8 Å². The third-order valence-corrected chi connectivity index (χ3v) is 4.92. The average Bonchev–Trinajstić information content (AvgIpc) is 2.42. The number of halogens is 1. The van der Waals surface area contributed by atoms with E-state index in [0.29, 0.717) is 6.42 Å². The Hall–Kier alpha value is -1.22. The van der Waals surface area contributed by atoms with Crippen LogP contribution in [0.25, 0.3) is 0 Å². The zero-order valence-electron chi connectivity index (χ0n) is 12.6. The van der Waals surface area contributed by atoms with Crippen LogP contribution in [0.3, 0.4) is 0 Å². The summed E-state index contributed by atoms with van der Waals surface area (Å²) in [4.78, 5) is 10.2.